The minimum atomic E-state index is -0.612. The lowest BCUT2D eigenvalue weighted by Crippen LogP contribution is -2.50. The summed E-state index contributed by atoms with van der Waals surface area (Å²) in [7, 11) is 0. The summed E-state index contributed by atoms with van der Waals surface area (Å²) >= 11 is 0. The van der Waals surface area contributed by atoms with Crippen LogP contribution in [0.1, 0.15) is 34.6 Å². The maximum atomic E-state index is 11.5. The van der Waals surface area contributed by atoms with E-state index in [2.05, 4.69) is 10.6 Å². The van der Waals surface area contributed by atoms with Gasteiger partial charge in [0.2, 0.25) is 0 Å². The molecule has 0 aromatic carbocycles. The zero-order valence-electron chi connectivity index (χ0n) is 11.6. The third-order valence-corrected chi connectivity index (χ3v) is 2.12. The molecule has 0 spiro atoms. The van der Waals surface area contributed by atoms with Crippen molar-refractivity contribution in [2.75, 3.05) is 6.54 Å². The van der Waals surface area contributed by atoms with Crippen LogP contribution in [0.25, 0.3) is 0 Å². The second-order valence-corrected chi connectivity index (χ2v) is 5.35. The topological polar surface area (TPSA) is 84.5 Å². The zero-order chi connectivity index (χ0) is 14.3. The molecule has 0 fully saturated rings. The first-order valence-corrected chi connectivity index (χ1v) is 5.86. The zero-order valence-corrected chi connectivity index (χ0v) is 11.6. The van der Waals surface area contributed by atoms with E-state index < -0.39 is 18.0 Å². The fourth-order valence-corrected chi connectivity index (χ4v) is 1.10. The minimum Gasteiger partial charge on any atom is -0.462 e. The van der Waals surface area contributed by atoms with Crippen molar-refractivity contribution >= 4 is 18.3 Å². The number of carbonyl (C=O) groups is 3. The molecule has 0 aromatic heterocycles. The Hall–Kier alpha value is -1.59. The van der Waals surface area contributed by atoms with Gasteiger partial charge in [0.25, 0.3) is 0 Å². The number of hydrogen-bond donors (Lipinski definition) is 2. The van der Waals surface area contributed by atoms with Gasteiger partial charge in [0.1, 0.15) is 12.8 Å². The van der Waals surface area contributed by atoms with Gasteiger partial charge in [-0.15, -0.1) is 0 Å². The van der Waals surface area contributed by atoms with Gasteiger partial charge in [0.05, 0.1) is 12.1 Å². The molecule has 2 N–H and O–H groups in total. The van der Waals surface area contributed by atoms with Gasteiger partial charge >= 0.3 is 12.0 Å². The Labute approximate surface area is 107 Å². The van der Waals surface area contributed by atoms with Gasteiger partial charge in [0, 0.05) is 0 Å². The van der Waals surface area contributed by atoms with Crippen LogP contribution in [0.4, 0.5) is 4.79 Å². The summed E-state index contributed by atoms with van der Waals surface area (Å²) in [6.45, 7) is 8.72. The Morgan fingerprint density at radius 2 is 1.83 bits per heavy atom. The number of hydrogen-bond acceptors (Lipinski definition) is 4. The highest BCUT2D eigenvalue weighted by atomic mass is 16.5. The Morgan fingerprint density at radius 3 is 2.22 bits per heavy atom. The molecule has 6 nitrogen and oxygen atoms in total. The van der Waals surface area contributed by atoms with Crippen molar-refractivity contribution in [3.63, 3.8) is 0 Å². The Bertz CT molecular complexity index is 308. The van der Waals surface area contributed by atoms with Crippen LogP contribution in [0.5, 0.6) is 0 Å². The molecule has 0 radical (unpaired) electrons. The highest BCUT2D eigenvalue weighted by molar-refractivity contribution is 5.82. The van der Waals surface area contributed by atoms with Gasteiger partial charge in [-0.05, 0) is 19.3 Å². The van der Waals surface area contributed by atoms with Gasteiger partial charge in [-0.2, -0.15) is 0 Å². The molecule has 0 bridgehead atoms. The molecular formula is C12H22N2O4. The summed E-state index contributed by atoms with van der Waals surface area (Å²) in [5, 5.41) is 4.83. The predicted octanol–water partition coefficient (Wildman–Crippen LogP) is 0.851. The molecule has 6 heteroatoms. The number of urea groups is 1. The van der Waals surface area contributed by atoms with Crippen LogP contribution in [0, 0.1) is 5.41 Å². The number of carbonyl (C=O) groups excluding carboxylic acids is 3. The quantitative estimate of drug-likeness (QED) is 0.565. The fourth-order valence-electron chi connectivity index (χ4n) is 1.10. The second-order valence-electron chi connectivity index (χ2n) is 5.35. The average Bonchev–Trinajstić information content (AvgIpc) is 2.20. The van der Waals surface area contributed by atoms with E-state index in [1.165, 1.54) is 0 Å². The highest BCUT2D eigenvalue weighted by Crippen LogP contribution is 2.17. The first kappa shape index (κ1) is 16.4. The maximum Gasteiger partial charge on any atom is 0.325 e. The predicted molar refractivity (Wildman–Crippen MR) is 67.1 cm³/mol. The molecule has 0 saturated heterocycles. The molecule has 104 valence electrons. The van der Waals surface area contributed by atoms with Gasteiger partial charge in [-0.3, -0.25) is 4.79 Å². The Morgan fingerprint density at radius 1 is 1.28 bits per heavy atom. The molecule has 0 aromatic rings. The van der Waals surface area contributed by atoms with E-state index in [-0.39, 0.29) is 18.1 Å². The van der Waals surface area contributed by atoms with Crippen LogP contribution >= 0.6 is 0 Å². The van der Waals surface area contributed by atoms with Crippen molar-refractivity contribution in [1.82, 2.24) is 10.6 Å². The standard InChI is InChI=1S/C12H22N2O4/c1-8(2)18-10(16)6-13-11(17)14-9(7-15)12(3,4)5/h7-9H,6H2,1-5H3,(H2,13,14,17). The first-order chi connectivity index (χ1) is 8.16. The maximum absolute atomic E-state index is 11.5. The average molecular weight is 258 g/mol. The lowest BCUT2D eigenvalue weighted by Gasteiger charge is -2.26. The molecule has 0 aliphatic heterocycles. The molecule has 0 aliphatic carbocycles. The molecule has 2 amide bonds. The molecule has 0 aliphatic rings. The number of nitrogens with one attached hydrogen (secondary N) is 2. The smallest absolute Gasteiger partial charge is 0.325 e. The van der Waals surface area contributed by atoms with Crippen LogP contribution in [0.15, 0.2) is 0 Å². The molecule has 1 unspecified atom stereocenters. The largest absolute Gasteiger partial charge is 0.462 e. The number of rotatable bonds is 5. The van der Waals surface area contributed by atoms with Crippen molar-refractivity contribution in [3.8, 4) is 0 Å². The molecule has 18 heavy (non-hydrogen) atoms. The van der Waals surface area contributed by atoms with E-state index in [1.807, 2.05) is 20.8 Å². The van der Waals surface area contributed by atoms with E-state index in [9.17, 15) is 14.4 Å². The summed E-state index contributed by atoms with van der Waals surface area (Å²) < 4.78 is 4.85. The van der Waals surface area contributed by atoms with Crippen molar-refractivity contribution in [3.05, 3.63) is 0 Å². The summed E-state index contributed by atoms with van der Waals surface area (Å²) in [5.41, 5.74) is -0.377. The van der Waals surface area contributed by atoms with Gasteiger partial charge < -0.3 is 20.2 Å². The van der Waals surface area contributed by atoms with Crippen molar-refractivity contribution < 1.29 is 19.1 Å². The Balaban J connectivity index is 4.12. The molecular weight excluding hydrogens is 236 g/mol. The number of amides is 2. The van der Waals surface area contributed by atoms with Crippen LogP contribution < -0.4 is 10.6 Å². The lowest BCUT2D eigenvalue weighted by molar-refractivity contribution is -0.146. The highest BCUT2D eigenvalue weighted by Gasteiger charge is 2.25. The van der Waals surface area contributed by atoms with Crippen LogP contribution in [-0.4, -0.2) is 37.0 Å². The van der Waals surface area contributed by atoms with E-state index in [0.717, 1.165) is 0 Å². The minimum absolute atomic E-state index is 0.222. The molecule has 0 rings (SSSR count). The summed E-state index contributed by atoms with van der Waals surface area (Å²) in [6.07, 6.45) is 0.450. The van der Waals surface area contributed by atoms with Gasteiger partial charge in [-0.25, -0.2) is 4.79 Å². The lowest BCUT2D eigenvalue weighted by atomic mass is 9.88. The van der Waals surface area contributed by atoms with E-state index >= 15 is 0 Å². The van der Waals surface area contributed by atoms with Crippen molar-refractivity contribution in [1.29, 1.82) is 0 Å². The first-order valence-electron chi connectivity index (χ1n) is 5.86. The molecule has 0 saturated carbocycles. The number of ether oxygens (including phenoxy) is 1. The summed E-state index contributed by atoms with van der Waals surface area (Å²) in [4.78, 5) is 33.5. The fraction of sp³-hybridized carbons (Fsp3) is 0.750. The third kappa shape index (κ3) is 6.88. The molecule has 0 heterocycles. The van der Waals surface area contributed by atoms with E-state index in [0.29, 0.717) is 6.29 Å². The van der Waals surface area contributed by atoms with Crippen LogP contribution in [0.2, 0.25) is 0 Å². The van der Waals surface area contributed by atoms with Crippen molar-refractivity contribution in [2.45, 2.75) is 46.8 Å². The van der Waals surface area contributed by atoms with E-state index in [4.69, 9.17) is 4.74 Å². The summed E-state index contributed by atoms with van der Waals surface area (Å²) in [5.74, 6) is -0.515. The third-order valence-electron chi connectivity index (χ3n) is 2.12. The summed E-state index contributed by atoms with van der Waals surface area (Å²) in [6, 6.07) is -1.18. The Kier molecular flexibility index (Phi) is 6.36. The molecule has 1 atom stereocenters. The second kappa shape index (κ2) is 6.98. The van der Waals surface area contributed by atoms with Gasteiger partial charge in [-0.1, -0.05) is 20.8 Å². The van der Waals surface area contributed by atoms with Gasteiger partial charge in [0.15, 0.2) is 0 Å². The number of esters is 1. The van der Waals surface area contributed by atoms with Crippen LogP contribution in [0.3, 0.4) is 0 Å². The monoisotopic (exact) mass is 258 g/mol. The number of aldehydes is 1. The van der Waals surface area contributed by atoms with Crippen molar-refractivity contribution in [2.24, 2.45) is 5.41 Å². The normalized spacial score (nSPS) is 12.8. The van der Waals surface area contributed by atoms with Crippen LogP contribution in [-0.2, 0) is 14.3 Å². The SMILES string of the molecule is CC(C)OC(=O)CNC(=O)NC(C=O)C(C)(C)C. The van der Waals surface area contributed by atoms with E-state index in [1.54, 1.807) is 13.8 Å².